The minimum absolute atomic E-state index is 0.103. The molecule has 0 saturated heterocycles. The van der Waals surface area contributed by atoms with Crippen LogP contribution in [0.3, 0.4) is 0 Å². The van der Waals surface area contributed by atoms with Gasteiger partial charge in [0.05, 0.1) is 9.82 Å². The van der Waals surface area contributed by atoms with E-state index in [9.17, 15) is 32.1 Å². The fraction of sp³-hybridized carbons (Fsp3) is 0.0500. The number of nitrogens with one attached hydrogen (secondary N) is 2. The molecule has 11 heteroatoms. The summed E-state index contributed by atoms with van der Waals surface area (Å²) in [6.07, 6.45) is 0. The van der Waals surface area contributed by atoms with E-state index in [1.54, 1.807) is 0 Å². The summed E-state index contributed by atoms with van der Waals surface area (Å²) >= 11 is 0. The zero-order chi connectivity index (χ0) is 22.8. The fourth-order valence-electron chi connectivity index (χ4n) is 2.68. The molecule has 0 aliphatic heterocycles. The van der Waals surface area contributed by atoms with Crippen molar-refractivity contribution in [2.75, 3.05) is 10.0 Å². The largest absolute Gasteiger partial charge is 0.322 e. The van der Waals surface area contributed by atoms with Gasteiger partial charge in [-0.2, -0.15) is 0 Å². The Bertz CT molecular complexity index is 1280. The number of nitro benzene ring substituents is 1. The van der Waals surface area contributed by atoms with Crippen LogP contribution >= 0.6 is 0 Å². The average Bonchev–Trinajstić information content (AvgIpc) is 2.70. The molecule has 0 bridgehead atoms. The van der Waals surface area contributed by atoms with E-state index < -0.39 is 37.4 Å². The smallest absolute Gasteiger partial charge is 0.272 e. The maximum absolute atomic E-state index is 13.3. The number of hydrogen-bond acceptors (Lipinski definition) is 5. The van der Waals surface area contributed by atoms with Crippen LogP contribution in [0.1, 0.15) is 15.9 Å². The number of hydrogen-bond donors (Lipinski definition) is 2. The van der Waals surface area contributed by atoms with Crippen LogP contribution in [-0.4, -0.2) is 19.2 Å². The number of rotatable bonds is 6. The minimum atomic E-state index is -4.15. The summed E-state index contributed by atoms with van der Waals surface area (Å²) < 4.78 is 53.1. The van der Waals surface area contributed by atoms with Crippen molar-refractivity contribution in [2.24, 2.45) is 0 Å². The Labute approximate surface area is 175 Å². The molecule has 31 heavy (non-hydrogen) atoms. The molecule has 3 aromatic carbocycles. The Hall–Kier alpha value is -3.86. The number of carbonyl (C=O) groups is 1. The molecule has 0 fully saturated rings. The quantitative estimate of drug-likeness (QED) is 0.433. The predicted molar refractivity (Wildman–Crippen MR) is 109 cm³/mol. The maximum atomic E-state index is 13.3. The number of amides is 1. The molecule has 0 heterocycles. The van der Waals surface area contributed by atoms with Crippen molar-refractivity contribution in [3.05, 3.63) is 93.5 Å². The number of sulfonamides is 1. The summed E-state index contributed by atoms with van der Waals surface area (Å²) in [6.45, 7) is 1.52. The average molecular weight is 447 g/mol. The van der Waals surface area contributed by atoms with Gasteiger partial charge in [0.1, 0.15) is 0 Å². The van der Waals surface area contributed by atoms with Crippen LogP contribution in [0.5, 0.6) is 0 Å². The zero-order valence-electron chi connectivity index (χ0n) is 15.9. The Morgan fingerprint density at radius 3 is 2.16 bits per heavy atom. The number of benzene rings is 3. The molecule has 3 rings (SSSR count). The van der Waals surface area contributed by atoms with Crippen LogP contribution < -0.4 is 10.0 Å². The standard InChI is InChI=1S/C20H15F2N3O5S/c1-12-10-13(2-9-19(12)25(27)28)20(26)23-14-3-5-15(6-4-14)24-31(29,30)16-7-8-17(21)18(22)11-16/h2-11,24H,1H3,(H,23,26). The number of nitro groups is 1. The lowest BCUT2D eigenvalue weighted by molar-refractivity contribution is -0.385. The van der Waals surface area contributed by atoms with E-state index in [1.807, 2.05) is 0 Å². The third-order valence-electron chi connectivity index (χ3n) is 4.25. The molecule has 0 radical (unpaired) electrons. The van der Waals surface area contributed by atoms with Crippen LogP contribution in [-0.2, 0) is 10.0 Å². The molecule has 0 saturated carbocycles. The summed E-state index contributed by atoms with van der Waals surface area (Å²) in [4.78, 5) is 22.2. The molecule has 8 nitrogen and oxygen atoms in total. The second kappa shape index (κ2) is 8.48. The van der Waals surface area contributed by atoms with Gasteiger partial charge in [-0.15, -0.1) is 0 Å². The van der Waals surface area contributed by atoms with Crippen LogP contribution in [0.15, 0.2) is 65.6 Å². The van der Waals surface area contributed by atoms with Gasteiger partial charge in [-0.3, -0.25) is 19.6 Å². The second-order valence-corrected chi connectivity index (χ2v) is 8.15. The summed E-state index contributed by atoms with van der Waals surface area (Å²) in [5.41, 5.74) is 0.922. The molecular weight excluding hydrogens is 432 g/mol. The normalized spacial score (nSPS) is 11.1. The van der Waals surface area contributed by atoms with E-state index in [0.29, 0.717) is 23.4 Å². The molecular formula is C20H15F2N3O5S. The van der Waals surface area contributed by atoms with E-state index in [2.05, 4.69) is 10.0 Å². The first-order valence-corrected chi connectivity index (χ1v) is 10.2. The lowest BCUT2D eigenvalue weighted by Crippen LogP contribution is -2.14. The molecule has 0 aliphatic rings. The van der Waals surface area contributed by atoms with E-state index in [1.165, 1.54) is 49.4 Å². The number of anilines is 2. The van der Waals surface area contributed by atoms with Crippen molar-refractivity contribution in [1.29, 1.82) is 0 Å². The van der Waals surface area contributed by atoms with E-state index in [0.717, 1.165) is 6.07 Å². The second-order valence-electron chi connectivity index (χ2n) is 6.47. The van der Waals surface area contributed by atoms with Crippen LogP contribution in [0.25, 0.3) is 0 Å². The number of carbonyl (C=O) groups excluding carboxylic acids is 1. The summed E-state index contributed by atoms with van der Waals surface area (Å²) in [7, 11) is -4.15. The topological polar surface area (TPSA) is 118 Å². The van der Waals surface area contributed by atoms with Crippen LogP contribution in [0, 0.1) is 28.7 Å². The summed E-state index contributed by atoms with van der Waals surface area (Å²) in [6, 6.07) is 11.8. The molecule has 0 spiro atoms. The minimum Gasteiger partial charge on any atom is -0.322 e. The lowest BCUT2D eigenvalue weighted by atomic mass is 10.1. The Kier molecular flexibility index (Phi) is 5.97. The SMILES string of the molecule is Cc1cc(C(=O)Nc2ccc(NS(=O)(=O)c3ccc(F)c(F)c3)cc2)ccc1[N+](=O)[O-]. The van der Waals surface area contributed by atoms with Crippen molar-refractivity contribution in [2.45, 2.75) is 11.8 Å². The first kappa shape index (κ1) is 21.8. The van der Waals surface area contributed by atoms with Gasteiger partial charge >= 0.3 is 0 Å². The summed E-state index contributed by atoms with van der Waals surface area (Å²) in [5, 5.41) is 13.5. The van der Waals surface area contributed by atoms with Gasteiger partial charge in [0.25, 0.3) is 21.6 Å². The molecule has 2 N–H and O–H groups in total. The van der Waals surface area contributed by atoms with E-state index in [-0.39, 0.29) is 16.9 Å². The highest BCUT2D eigenvalue weighted by molar-refractivity contribution is 7.92. The van der Waals surface area contributed by atoms with Gasteiger partial charge in [0, 0.05) is 28.6 Å². The molecule has 0 aliphatic carbocycles. The highest BCUT2D eigenvalue weighted by Gasteiger charge is 2.17. The zero-order valence-corrected chi connectivity index (χ0v) is 16.7. The van der Waals surface area contributed by atoms with E-state index in [4.69, 9.17) is 0 Å². The fourth-order valence-corrected chi connectivity index (χ4v) is 3.75. The number of halogens is 2. The first-order valence-electron chi connectivity index (χ1n) is 8.71. The maximum Gasteiger partial charge on any atom is 0.272 e. The van der Waals surface area contributed by atoms with Crippen LogP contribution in [0.2, 0.25) is 0 Å². The number of aryl methyl sites for hydroxylation is 1. The van der Waals surface area contributed by atoms with Crippen molar-refractivity contribution in [3.8, 4) is 0 Å². The van der Waals surface area contributed by atoms with Crippen molar-refractivity contribution >= 4 is 33.0 Å². The Balaban J connectivity index is 1.71. The third kappa shape index (κ3) is 5.01. The van der Waals surface area contributed by atoms with Crippen molar-refractivity contribution < 1.29 is 26.9 Å². The van der Waals surface area contributed by atoms with Crippen molar-refractivity contribution in [1.82, 2.24) is 0 Å². The Morgan fingerprint density at radius 2 is 1.58 bits per heavy atom. The first-order chi connectivity index (χ1) is 14.6. The predicted octanol–water partition coefficient (Wildman–Crippen LogP) is 4.23. The molecule has 1 amide bonds. The Morgan fingerprint density at radius 1 is 0.935 bits per heavy atom. The molecule has 3 aromatic rings. The molecule has 160 valence electrons. The third-order valence-corrected chi connectivity index (χ3v) is 5.63. The number of nitrogens with zero attached hydrogens (tertiary/aromatic N) is 1. The van der Waals surface area contributed by atoms with Gasteiger partial charge in [0.15, 0.2) is 11.6 Å². The van der Waals surface area contributed by atoms with Crippen molar-refractivity contribution in [3.63, 3.8) is 0 Å². The highest BCUT2D eigenvalue weighted by atomic mass is 32.2. The van der Waals surface area contributed by atoms with Crippen LogP contribution in [0.4, 0.5) is 25.8 Å². The van der Waals surface area contributed by atoms with Gasteiger partial charge in [-0.25, -0.2) is 17.2 Å². The van der Waals surface area contributed by atoms with Gasteiger partial charge in [0.2, 0.25) is 0 Å². The monoisotopic (exact) mass is 447 g/mol. The lowest BCUT2D eigenvalue weighted by Gasteiger charge is -2.10. The summed E-state index contributed by atoms with van der Waals surface area (Å²) in [5.74, 6) is -2.96. The van der Waals surface area contributed by atoms with Gasteiger partial charge < -0.3 is 5.32 Å². The van der Waals surface area contributed by atoms with E-state index >= 15 is 0 Å². The molecule has 0 atom stereocenters. The molecule has 0 unspecified atom stereocenters. The van der Waals surface area contributed by atoms with Gasteiger partial charge in [-0.05, 0) is 61.5 Å². The molecule has 0 aromatic heterocycles. The van der Waals surface area contributed by atoms with Gasteiger partial charge in [-0.1, -0.05) is 0 Å². The highest BCUT2D eigenvalue weighted by Crippen LogP contribution is 2.22.